The number of aromatic hydroxyl groups is 1. The van der Waals surface area contributed by atoms with Crippen LogP contribution in [-0.4, -0.2) is 29.1 Å². The molecular weight excluding hydrogens is 315 g/mol. The fourth-order valence-electron chi connectivity index (χ4n) is 2.60. The zero-order valence-electron chi connectivity index (χ0n) is 13.8. The molecule has 1 aromatic rings. The van der Waals surface area contributed by atoms with Crippen molar-refractivity contribution in [2.45, 2.75) is 39.2 Å². The van der Waals surface area contributed by atoms with Gasteiger partial charge in [0.2, 0.25) is 5.91 Å². The first-order chi connectivity index (χ1) is 11.1. The third-order valence-electron chi connectivity index (χ3n) is 3.63. The number of carbonyl (C=O) groups excluding carboxylic acids is 2. The third-order valence-corrected chi connectivity index (χ3v) is 3.63. The van der Waals surface area contributed by atoms with E-state index < -0.39 is 35.0 Å². The summed E-state index contributed by atoms with van der Waals surface area (Å²) < 4.78 is 18.9. The summed E-state index contributed by atoms with van der Waals surface area (Å²) in [4.78, 5) is 26.1. The number of ether oxygens (including phenoxy) is 1. The summed E-state index contributed by atoms with van der Waals surface area (Å²) in [6.45, 7) is 4.78. The van der Waals surface area contributed by atoms with Crippen LogP contribution in [0.15, 0.2) is 12.1 Å². The van der Waals surface area contributed by atoms with E-state index in [4.69, 9.17) is 10.00 Å². The van der Waals surface area contributed by atoms with Gasteiger partial charge in [-0.05, 0) is 45.2 Å². The Hall–Kier alpha value is -2.62. The van der Waals surface area contributed by atoms with Crippen molar-refractivity contribution in [3.63, 3.8) is 0 Å². The van der Waals surface area contributed by atoms with Gasteiger partial charge in [-0.2, -0.15) is 5.26 Å². The molecule has 0 saturated carbocycles. The maximum atomic E-state index is 13.6. The van der Waals surface area contributed by atoms with E-state index in [9.17, 15) is 19.1 Å². The Bertz CT molecular complexity index is 719. The molecule has 1 unspecified atom stereocenters. The highest BCUT2D eigenvalue weighted by molar-refractivity contribution is 6.07. The fourth-order valence-corrected chi connectivity index (χ4v) is 2.60. The monoisotopic (exact) mass is 334 g/mol. The van der Waals surface area contributed by atoms with E-state index in [1.165, 1.54) is 0 Å². The molecule has 0 saturated heterocycles. The number of amides is 1. The minimum atomic E-state index is -1.07. The van der Waals surface area contributed by atoms with Gasteiger partial charge < -0.3 is 9.84 Å². The first kappa shape index (κ1) is 17.7. The fraction of sp³-hybridized carbons (Fsp3) is 0.471. The predicted molar refractivity (Wildman–Crippen MR) is 83.7 cm³/mol. The van der Waals surface area contributed by atoms with Gasteiger partial charge >= 0.3 is 5.97 Å². The number of benzene rings is 1. The van der Waals surface area contributed by atoms with Crippen LogP contribution in [0.25, 0.3) is 0 Å². The number of aryl methyl sites for hydroxylation is 1. The zero-order valence-corrected chi connectivity index (χ0v) is 13.8. The molecule has 1 aliphatic rings. The van der Waals surface area contributed by atoms with E-state index in [1.54, 1.807) is 20.8 Å². The number of hydrogen-bond donors (Lipinski definition) is 1. The average molecular weight is 334 g/mol. The summed E-state index contributed by atoms with van der Waals surface area (Å²) in [6.07, 6.45) is 0.400. The van der Waals surface area contributed by atoms with Crippen LogP contribution in [0, 0.1) is 23.1 Å². The summed E-state index contributed by atoms with van der Waals surface area (Å²) in [6, 6.07) is 4.09. The van der Waals surface area contributed by atoms with Crippen LogP contribution in [0.5, 0.6) is 5.75 Å². The van der Waals surface area contributed by atoms with Crippen LogP contribution in [0.2, 0.25) is 0 Å². The van der Waals surface area contributed by atoms with Crippen molar-refractivity contribution in [2.75, 3.05) is 11.4 Å². The Morgan fingerprint density at radius 3 is 2.75 bits per heavy atom. The minimum Gasteiger partial charge on any atom is -0.505 e. The average Bonchev–Trinajstić information content (AvgIpc) is 2.57. The molecule has 0 fully saturated rings. The number of carbonyl (C=O) groups is 2. The molecular formula is C17H19FN2O4. The van der Waals surface area contributed by atoms with Crippen molar-refractivity contribution < 1.29 is 23.8 Å². The molecule has 0 aromatic heterocycles. The summed E-state index contributed by atoms with van der Waals surface area (Å²) >= 11 is 0. The van der Waals surface area contributed by atoms with Crippen molar-refractivity contribution in [1.29, 1.82) is 5.26 Å². The van der Waals surface area contributed by atoms with Gasteiger partial charge in [-0.1, -0.05) is 0 Å². The first-order valence-corrected chi connectivity index (χ1v) is 7.56. The summed E-state index contributed by atoms with van der Waals surface area (Å²) in [7, 11) is 0. The minimum absolute atomic E-state index is 0.146. The molecule has 0 aliphatic carbocycles. The normalized spacial score (nSPS) is 17.7. The second-order valence-corrected chi connectivity index (χ2v) is 6.64. The molecule has 0 radical (unpaired) electrons. The van der Waals surface area contributed by atoms with E-state index in [2.05, 4.69) is 0 Å². The standard InChI is InChI=1S/C17H19FN2O4/c1-17(2,3)24-16(23)11-5-4-10-8-12(18)14(21)9-13(10)20(7-6-19)15(11)22/h8-9,11,21H,4-5,7H2,1-3H3. The number of hydrogen-bond acceptors (Lipinski definition) is 5. The van der Waals surface area contributed by atoms with Crippen LogP contribution < -0.4 is 4.90 Å². The predicted octanol–water partition coefficient (Wildman–Crippen LogP) is 2.29. The number of phenols is 1. The molecule has 0 bridgehead atoms. The maximum Gasteiger partial charge on any atom is 0.319 e. The van der Waals surface area contributed by atoms with Gasteiger partial charge in [0.15, 0.2) is 11.6 Å². The maximum absolute atomic E-state index is 13.6. The number of rotatable bonds is 2. The van der Waals surface area contributed by atoms with Crippen molar-refractivity contribution >= 4 is 17.6 Å². The van der Waals surface area contributed by atoms with Gasteiger partial charge in [-0.15, -0.1) is 0 Å². The van der Waals surface area contributed by atoms with Crippen molar-refractivity contribution in [2.24, 2.45) is 5.92 Å². The topological polar surface area (TPSA) is 90.6 Å². The number of nitriles is 1. The van der Waals surface area contributed by atoms with Crippen LogP contribution in [0.3, 0.4) is 0 Å². The molecule has 0 spiro atoms. The number of esters is 1. The molecule has 1 heterocycles. The van der Waals surface area contributed by atoms with E-state index >= 15 is 0 Å². The lowest BCUT2D eigenvalue weighted by Gasteiger charge is -2.25. The second-order valence-electron chi connectivity index (χ2n) is 6.64. The molecule has 24 heavy (non-hydrogen) atoms. The van der Waals surface area contributed by atoms with Gasteiger partial charge in [0.05, 0.1) is 11.8 Å². The van der Waals surface area contributed by atoms with Crippen LogP contribution in [-0.2, 0) is 20.7 Å². The lowest BCUT2D eigenvalue weighted by Crippen LogP contribution is -2.41. The van der Waals surface area contributed by atoms with Gasteiger partial charge in [-0.25, -0.2) is 4.39 Å². The van der Waals surface area contributed by atoms with Crippen LogP contribution >= 0.6 is 0 Å². The van der Waals surface area contributed by atoms with Gasteiger partial charge in [0, 0.05) is 6.07 Å². The smallest absolute Gasteiger partial charge is 0.319 e. The number of phenolic OH excluding ortho intramolecular Hbond substituents is 1. The Morgan fingerprint density at radius 1 is 1.50 bits per heavy atom. The molecule has 128 valence electrons. The Balaban J connectivity index is 2.42. The van der Waals surface area contributed by atoms with E-state index in [0.29, 0.717) is 5.56 Å². The van der Waals surface area contributed by atoms with Crippen LogP contribution in [0.4, 0.5) is 10.1 Å². The molecule has 1 atom stereocenters. The van der Waals surface area contributed by atoms with Gasteiger partial charge in [0.25, 0.3) is 0 Å². The third kappa shape index (κ3) is 3.65. The van der Waals surface area contributed by atoms with Crippen LogP contribution in [0.1, 0.15) is 32.8 Å². The van der Waals surface area contributed by atoms with E-state index in [-0.39, 0.29) is 25.1 Å². The highest BCUT2D eigenvalue weighted by atomic mass is 19.1. The Labute approximate surface area is 139 Å². The summed E-state index contributed by atoms with van der Waals surface area (Å²) in [5.74, 6) is -3.76. The second kappa shape index (κ2) is 6.48. The van der Waals surface area contributed by atoms with E-state index in [1.807, 2.05) is 6.07 Å². The number of anilines is 1. The molecule has 1 amide bonds. The molecule has 7 heteroatoms. The molecule has 2 rings (SSSR count). The summed E-state index contributed by atoms with van der Waals surface area (Å²) in [5.41, 5.74) is -0.0486. The quantitative estimate of drug-likeness (QED) is 0.509. The lowest BCUT2D eigenvalue weighted by atomic mass is 10.00. The number of halogens is 1. The van der Waals surface area contributed by atoms with Crippen molar-refractivity contribution in [1.82, 2.24) is 0 Å². The molecule has 1 aromatic carbocycles. The largest absolute Gasteiger partial charge is 0.505 e. The van der Waals surface area contributed by atoms with Crippen molar-refractivity contribution in [3.05, 3.63) is 23.5 Å². The molecule has 6 nitrogen and oxygen atoms in total. The van der Waals surface area contributed by atoms with Crippen molar-refractivity contribution in [3.8, 4) is 11.8 Å². The lowest BCUT2D eigenvalue weighted by molar-refractivity contribution is -0.162. The Kier molecular flexibility index (Phi) is 4.78. The molecule has 1 aliphatic heterocycles. The van der Waals surface area contributed by atoms with E-state index in [0.717, 1.165) is 17.0 Å². The Morgan fingerprint density at radius 2 is 2.17 bits per heavy atom. The van der Waals surface area contributed by atoms with Gasteiger partial charge in [-0.3, -0.25) is 14.5 Å². The first-order valence-electron chi connectivity index (χ1n) is 7.56. The number of fused-ring (bicyclic) bond motifs is 1. The molecule has 1 N–H and O–H groups in total. The number of nitrogens with zero attached hydrogens (tertiary/aromatic N) is 2. The highest BCUT2D eigenvalue weighted by Gasteiger charge is 2.38. The zero-order chi connectivity index (χ0) is 18.1. The van der Waals surface area contributed by atoms with Gasteiger partial charge in [0.1, 0.15) is 18.1 Å². The SMILES string of the molecule is CC(C)(C)OC(=O)C1CCc2cc(F)c(O)cc2N(CC#N)C1=O. The summed E-state index contributed by atoms with van der Waals surface area (Å²) in [5, 5.41) is 18.6. The highest BCUT2D eigenvalue weighted by Crippen LogP contribution is 2.34.